The minimum Gasteiger partial charge on any atom is -0.497 e. The van der Waals surface area contributed by atoms with Crippen LogP contribution >= 0.6 is 23.7 Å². The van der Waals surface area contributed by atoms with E-state index in [4.69, 9.17) is 14.5 Å². The molecular formula is C26H28ClN3O3S. The van der Waals surface area contributed by atoms with Gasteiger partial charge < -0.3 is 9.47 Å². The third-order valence-electron chi connectivity index (χ3n) is 6.08. The number of carbonyl (C=O) groups is 1. The summed E-state index contributed by atoms with van der Waals surface area (Å²) in [6.45, 7) is 4.66. The number of methoxy groups -OCH3 is 1. The Morgan fingerprint density at radius 3 is 2.74 bits per heavy atom. The molecule has 34 heavy (non-hydrogen) atoms. The molecule has 0 aliphatic carbocycles. The molecule has 0 spiro atoms. The quantitative estimate of drug-likeness (QED) is 0.367. The number of amides is 1. The molecule has 0 radical (unpaired) electrons. The third-order valence-corrected chi connectivity index (χ3v) is 7.14. The van der Waals surface area contributed by atoms with Crippen LogP contribution < -0.4 is 9.64 Å². The molecule has 1 saturated heterocycles. The molecule has 2 heterocycles. The predicted octanol–water partition coefficient (Wildman–Crippen LogP) is 4.79. The standard InChI is InChI=1S/C26H27N3O3S.ClH/c1-31-21-9-10-24-23(18-21)27-26(33-24)29(12-11-28-13-15-32-16-14-28)25(30)17-20-7-4-6-19-5-2-3-8-22(19)20;/h2-10,18H,11-17H2,1H3;1H. The van der Waals surface area contributed by atoms with Crippen molar-refractivity contribution in [1.82, 2.24) is 9.88 Å². The molecule has 0 saturated carbocycles. The maximum absolute atomic E-state index is 13.7. The van der Waals surface area contributed by atoms with Crippen molar-refractivity contribution in [2.24, 2.45) is 0 Å². The lowest BCUT2D eigenvalue weighted by atomic mass is 10.0. The van der Waals surface area contributed by atoms with Crippen LogP contribution in [0.15, 0.2) is 60.7 Å². The molecule has 0 unspecified atom stereocenters. The molecule has 1 aliphatic rings. The van der Waals surface area contributed by atoms with Gasteiger partial charge in [-0.1, -0.05) is 53.8 Å². The SMILES string of the molecule is COc1ccc2sc(N(CCN3CCOCC3)C(=O)Cc3cccc4ccccc34)nc2c1.Cl. The van der Waals surface area contributed by atoms with E-state index in [1.807, 2.05) is 47.4 Å². The van der Waals surface area contributed by atoms with Crippen LogP contribution in [0, 0.1) is 0 Å². The highest BCUT2D eigenvalue weighted by atomic mass is 35.5. The van der Waals surface area contributed by atoms with E-state index in [1.165, 1.54) is 0 Å². The summed E-state index contributed by atoms with van der Waals surface area (Å²) < 4.78 is 11.9. The summed E-state index contributed by atoms with van der Waals surface area (Å²) >= 11 is 1.55. The summed E-state index contributed by atoms with van der Waals surface area (Å²) in [5, 5.41) is 3.00. The Kier molecular flexibility index (Phi) is 8.00. The van der Waals surface area contributed by atoms with Crippen LogP contribution in [0.4, 0.5) is 5.13 Å². The van der Waals surface area contributed by atoms with Gasteiger partial charge in [0.05, 0.1) is 37.0 Å². The maximum Gasteiger partial charge on any atom is 0.233 e. The van der Waals surface area contributed by atoms with Gasteiger partial charge in [0.1, 0.15) is 5.75 Å². The first-order chi connectivity index (χ1) is 16.2. The second kappa shape index (κ2) is 11.1. The van der Waals surface area contributed by atoms with E-state index in [9.17, 15) is 4.79 Å². The lowest BCUT2D eigenvalue weighted by Gasteiger charge is -2.29. The third kappa shape index (κ3) is 5.33. The molecule has 1 aromatic heterocycles. The fourth-order valence-corrected chi connectivity index (χ4v) is 5.22. The van der Waals surface area contributed by atoms with Crippen LogP contribution in [0.25, 0.3) is 21.0 Å². The summed E-state index contributed by atoms with van der Waals surface area (Å²) in [5.41, 5.74) is 1.89. The number of thiazole rings is 1. The number of fused-ring (bicyclic) bond motifs is 2. The molecule has 1 aliphatic heterocycles. The van der Waals surface area contributed by atoms with Crippen LogP contribution in [-0.4, -0.2) is 62.3 Å². The average molecular weight is 498 g/mol. The van der Waals surface area contributed by atoms with Crippen LogP contribution in [0.1, 0.15) is 5.56 Å². The molecule has 5 rings (SSSR count). The number of rotatable bonds is 7. The van der Waals surface area contributed by atoms with Crippen molar-refractivity contribution in [2.75, 3.05) is 51.4 Å². The van der Waals surface area contributed by atoms with E-state index < -0.39 is 0 Å². The lowest BCUT2D eigenvalue weighted by Crippen LogP contribution is -2.43. The number of hydrogen-bond donors (Lipinski definition) is 0. The Labute approximate surface area is 209 Å². The lowest BCUT2D eigenvalue weighted by molar-refractivity contribution is -0.118. The molecule has 1 fully saturated rings. The van der Waals surface area contributed by atoms with Crippen LogP contribution in [-0.2, 0) is 16.0 Å². The summed E-state index contributed by atoms with van der Waals surface area (Å²) in [6.07, 6.45) is 0.337. The highest BCUT2D eigenvalue weighted by Gasteiger charge is 2.22. The van der Waals surface area contributed by atoms with Crippen molar-refractivity contribution < 1.29 is 14.3 Å². The average Bonchev–Trinajstić information content (AvgIpc) is 3.28. The van der Waals surface area contributed by atoms with Crippen molar-refractivity contribution in [1.29, 1.82) is 0 Å². The Balaban J connectivity index is 0.00000274. The first-order valence-electron chi connectivity index (χ1n) is 11.2. The van der Waals surface area contributed by atoms with E-state index in [-0.39, 0.29) is 18.3 Å². The Hall–Kier alpha value is -2.71. The number of hydrogen-bond acceptors (Lipinski definition) is 6. The highest BCUT2D eigenvalue weighted by Crippen LogP contribution is 2.32. The first kappa shape index (κ1) is 24.4. The van der Waals surface area contributed by atoms with Crippen molar-refractivity contribution in [3.63, 3.8) is 0 Å². The summed E-state index contributed by atoms with van der Waals surface area (Å²) in [4.78, 5) is 22.7. The van der Waals surface area contributed by atoms with Gasteiger partial charge in [0, 0.05) is 32.2 Å². The van der Waals surface area contributed by atoms with Gasteiger partial charge in [0.15, 0.2) is 5.13 Å². The fourth-order valence-electron chi connectivity index (χ4n) is 4.24. The molecule has 0 bridgehead atoms. The normalized spacial score (nSPS) is 14.1. The Bertz CT molecular complexity index is 1270. The van der Waals surface area contributed by atoms with Crippen molar-refractivity contribution in [3.8, 4) is 5.75 Å². The topological polar surface area (TPSA) is 54.9 Å². The molecule has 6 nitrogen and oxygen atoms in total. The van der Waals surface area contributed by atoms with Gasteiger partial charge in [-0.3, -0.25) is 14.6 Å². The van der Waals surface area contributed by atoms with E-state index in [2.05, 4.69) is 23.1 Å². The van der Waals surface area contributed by atoms with Crippen molar-refractivity contribution >= 4 is 55.8 Å². The largest absolute Gasteiger partial charge is 0.497 e. The predicted molar refractivity (Wildman–Crippen MR) is 141 cm³/mol. The fraction of sp³-hybridized carbons (Fsp3) is 0.308. The van der Waals surface area contributed by atoms with E-state index in [0.717, 1.165) is 70.3 Å². The summed E-state index contributed by atoms with van der Waals surface area (Å²) in [7, 11) is 1.65. The number of benzene rings is 3. The molecule has 0 N–H and O–H groups in total. The van der Waals surface area contributed by atoms with E-state index >= 15 is 0 Å². The molecule has 178 valence electrons. The molecule has 0 atom stereocenters. The number of aromatic nitrogens is 1. The molecule has 1 amide bonds. The second-order valence-corrected chi connectivity index (χ2v) is 9.15. The zero-order chi connectivity index (χ0) is 22.6. The second-order valence-electron chi connectivity index (χ2n) is 8.14. The van der Waals surface area contributed by atoms with Gasteiger partial charge >= 0.3 is 0 Å². The van der Waals surface area contributed by atoms with Gasteiger partial charge in [-0.2, -0.15) is 0 Å². The van der Waals surface area contributed by atoms with E-state index in [1.54, 1.807) is 18.4 Å². The minimum absolute atomic E-state index is 0. The maximum atomic E-state index is 13.7. The Morgan fingerprint density at radius 1 is 1.12 bits per heavy atom. The molecule has 3 aromatic carbocycles. The number of anilines is 1. The Morgan fingerprint density at radius 2 is 1.91 bits per heavy atom. The van der Waals surface area contributed by atoms with E-state index in [0.29, 0.717) is 13.0 Å². The van der Waals surface area contributed by atoms with Crippen LogP contribution in [0.3, 0.4) is 0 Å². The highest BCUT2D eigenvalue weighted by molar-refractivity contribution is 7.22. The monoisotopic (exact) mass is 497 g/mol. The van der Waals surface area contributed by atoms with Gasteiger partial charge in [0.2, 0.25) is 5.91 Å². The number of halogens is 1. The van der Waals surface area contributed by atoms with Gasteiger partial charge in [0.25, 0.3) is 0 Å². The molecule has 4 aromatic rings. The smallest absolute Gasteiger partial charge is 0.233 e. The molecular weight excluding hydrogens is 470 g/mol. The van der Waals surface area contributed by atoms with Gasteiger partial charge in [-0.25, -0.2) is 4.98 Å². The summed E-state index contributed by atoms with van der Waals surface area (Å²) in [6, 6.07) is 20.2. The van der Waals surface area contributed by atoms with Crippen LogP contribution in [0.2, 0.25) is 0 Å². The molecule has 8 heteroatoms. The first-order valence-corrected chi connectivity index (χ1v) is 12.0. The number of carbonyl (C=O) groups excluding carboxylic acids is 1. The zero-order valence-corrected chi connectivity index (χ0v) is 20.7. The number of morpholine rings is 1. The van der Waals surface area contributed by atoms with Gasteiger partial charge in [-0.15, -0.1) is 12.4 Å². The van der Waals surface area contributed by atoms with Crippen molar-refractivity contribution in [3.05, 3.63) is 66.2 Å². The number of ether oxygens (including phenoxy) is 2. The van der Waals surface area contributed by atoms with Gasteiger partial charge in [-0.05, 0) is 28.5 Å². The number of nitrogens with zero attached hydrogens (tertiary/aromatic N) is 3. The van der Waals surface area contributed by atoms with Crippen molar-refractivity contribution in [2.45, 2.75) is 6.42 Å². The minimum atomic E-state index is 0. The zero-order valence-electron chi connectivity index (χ0n) is 19.1. The summed E-state index contributed by atoms with van der Waals surface area (Å²) in [5.74, 6) is 0.826. The van der Waals surface area contributed by atoms with Crippen LogP contribution in [0.5, 0.6) is 5.75 Å².